The predicted molar refractivity (Wildman–Crippen MR) is 66.6 cm³/mol. The molecule has 0 unspecified atom stereocenters. The van der Waals surface area contributed by atoms with Crippen LogP contribution in [-0.2, 0) is 16.0 Å². The van der Waals surface area contributed by atoms with E-state index in [1.165, 1.54) is 6.07 Å². The molecule has 92 valence electrons. The lowest BCUT2D eigenvalue weighted by Gasteiger charge is -2.08. The summed E-state index contributed by atoms with van der Waals surface area (Å²) in [6.45, 7) is 1.93. The van der Waals surface area contributed by atoms with Gasteiger partial charge in [-0.15, -0.1) is 0 Å². The minimum absolute atomic E-state index is 0.0682. The van der Waals surface area contributed by atoms with E-state index in [4.69, 9.17) is 4.74 Å². The van der Waals surface area contributed by atoms with Crippen molar-refractivity contribution in [3.63, 3.8) is 0 Å². The summed E-state index contributed by atoms with van der Waals surface area (Å²) in [6, 6.07) is 4.69. The third kappa shape index (κ3) is 3.56. The van der Waals surface area contributed by atoms with E-state index >= 15 is 0 Å². The number of para-hydroxylation sites is 1. The van der Waals surface area contributed by atoms with Crippen molar-refractivity contribution in [1.29, 1.82) is 0 Å². The van der Waals surface area contributed by atoms with Gasteiger partial charge in [0, 0.05) is 12.0 Å². The molecule has 0 aromatic heterocycles. The standard InChI is InChI=1S/C12H13BrO4/c1-2-17-12(16)10-5-3-4-8(11(10)15)6-9(14)7-13/h3-5,15H,2,6-7H2,1H3. The van der Waals surface area contributed by atoms with Crippen molar-refractivity contribution in [1.82, 2.24) is 0 Å². The lowest BCUT2D eigenvalue weighted by molar-refractivity contribution is -0.115. The van der Waals surface area contributed by atoms with E-state index in [1.54, 1.807) is 19.1 Å². The van der Waals surface area contributed by atoms with Gasteiger partial charge in [-0.05, 0) is 13.0 Å². The van der Waals surface area contributed by atoms with Gasteiger partial charge >= 0.3 is 5.97 Å². The smallest absolute Gasteiger partial charge is 0.341 e. The second-order valence-corrected chi connectivity index (χ2v) is 3.94. The van der Waals surface area contributed by atoms with Crippen molar-refractivity contribution >= 4 is 27.7 Å². The molecule has 0 heterocycles. The first-order valence-electron chi connectivity index (χ1n) is 5.15. The predicted octanol–water partition coefficient (Wildman–Crippen LogP) is 2.08. The Morgan fingerprint density at radius 3 is 2.71 bits per heavy atom. The van der Waals surface area contributed by atoms with Crippen molar-refractivity contribution in [3.8, 4) is 5.75 Å². The molecule has 0 atom stereocenters. The minimum atomic E-state index is -0.585. The largest absolute Gasteiger partial charge is 0.507 e. The van der Waals surface area contributed by atoms with Gasteiger partial charge in [0.2, 0.25) is 0 Å². The summed E-state index contributed by atoms with van der Waals surface area (Å²) in [6.07, 6.45) is 0.0876. The number of carbonyl (C=O) groups excluding carboxylic acids is 2. The average Bonchev–Trinajstić information content (AvgIpc) is 2.32. The van der Waals surface area contributed by atoms with Crippen LogP contribution in [0.5, 0.6) is 5.75 Å². The number of hydrogen-bond donors (Lipinski definition) is 1. The Hall–Kier alpha value is -1.36. The van der Waals surface area contributed by atoms with Gasteiger partial charge in [0.15, 0.2) is 0 Å². The van der Waals surface area contributed by atoms with Crippen LogP contribution in [0.4, 0.5) is 0 Å². The Kier molecular flexibility index (Phi) is 5.15. The first-order valence-corrected chi connectivity index (χ1v) is 6.28. The molecule has 0 saturated heterocycles. The van der Waals surface area contributed by atoms with Crippen LogP contribution < -0.4 is 0 Å². The van der Waals surface area contributed by atoms with E-state index in [-0.39, 0.29) is 35.5 Å². The van der Waals surface area contributed by atoms with Crippen molar-refractivity contribution in [2.45, 2.75) is 13.3 Å². The number of Topliss-reactive ketones (excluding diaryl/α,β-unsaturated/α-hetero) is 1. The molecule has 1 aromatic carbocycles. The Balaban J connectivity index is 2.98. The molecule has 17 heavy (non-hydrogen) atoms. The molecule has 1 aromatic rings. The Labute approximate surface area is 108 Å². The van der Waals surface area contributed by atoms with Gasteiger partial charge in [-0.3, -0.25) is 4.79 Å². The molecular formula is C12H13BrO4. The Morgan fingerprint density at radius 1 is 1.41 bits per heavy atom. The first-order chi connectivity index (χ1) is 8.10. The van der Waals surface area contributed by atoms with Gasteiger partial charge in [-0.2, -0.15) is 0 Å². The zero-order valence-corrected chi connectivity index (χ0v) is 11.0. The second-order valence-electron chi connectivity index (χ2n) is 3.38. The van der Waals surface area contributed by atoms with Crippen molar-refractivity contribution in [2.75, 3.05) is 11.9 Å². The molecule has 0 aliphatic rings. The fraction of sp³-hybridized carbons (Fsp3) is 0.333. The van der Waals surface area contributed by atoms with Crippen LogP contribution in [0.15, 0.2) is 18.2 Å². The van der Waals surface area contributed by atoms with Crippen molar-refractivity contribution in [2.24, 2.45) is 0 Å². The minimum Gasteiger partial charge on any atom is -0.507 e. The maximum absolute atomic E-state index is 11.5. The van der Waals surface area contributed by atoms with Gasteiger partial charge in [0.25, 0.3) is 0 Å². The summed E-state index contributed by atoms with van der Waals surface area (Å²) in [5, 5.41) is 10.1. The molecule has 0 saturated carbocycles. The third-order valence-electron chi connectivity index (χ3n) is 2.15. The molecule has 0 spiro atoms. The summed E-state index contributed by atoms with van der Waals surface area (Å²) < 4.78 is 4.80. The highest BCUT2D eigenvalue weighted by Gasteiger charge is 2.16. The SMILES string of the molecule is CCOC(=O)c1cccc(CC(=O)CBr)c1O. The molecular weight excluding hydrogens is 288 g/mol. The fourth-order valence-electron chi connectivity index (χ4n) is 1.37. The molecule has 0 aliphatic heterocycles. The summed E-state index contributed by atoms with van der Waals surface area (Å²) >= 11 is 3.05. The first kappa shape index (κ1) is 13.7. The summed E-state index contributed by atoms with van der Waals surface area (Å²) in [7, 11) is 0. The molecule has 0 bridgehead atoms. The summed E-state index contributed by atoms with van der Waals surface area (Å²) in [4.78, 5) is 22.8. The molecule has 4 nitrogen and oxygen atoms in total. The molecule has 1 rings (SSSR count). The number of hydrogen-bond acceptors (Lipinski definition) is 4. The zero-order chi connectivity index (χ0) is 12.8. The Bertz CT molecular complexity index is 429. The van der Waals surface area contributed by atoms with Crippen LogP contribution in [0.1, 0.15) is 22.8 Å². The van der Waals surface area contributed by atoms with Crippen LogP contribution in [0.25, 0.3) is 0 Å². The number of esters is 1. The highest BCUT2D eigenvalue weighted by Crippen LogP contribution is 2.24. The highest BCUT2D eigenvalue weighted by molar-refractivity contribution is 9.09. The van der Waals surface area contributed by atoms with Gasteiger partial charge in [-0.25, -0.2) is 4.79 Å². The summed E-state index contributed by atoms with van der Waals surface area (Å²) in [5.41, 5.74) is 0.520. The van der Waals surface area contributed by atoms with Crippen molar-refractivity contribution < 1.29 is 19.4 Å². The number of ether oxygens (including phenoxy) is 1. The number of carbonyl (C=O) groups is 2. The monoisotopic (exact) mass is 300 g/mol. The lowest BCUT2D eigenvalue weighted by atomic mass is 10.0. The number of benzene rings is 1. The number of phenols is 1. The van der Waals surface area contributed by atoms with E-state index in [0.29, 0.717) is 5.56 Å². The normalized spacial score (nSPS) is 10.0. The van der Waals surface area contributed by atoms with Gasteiger partial charge < -0.3 is 9.84 Å². The Morgan fingerprint density at radius 2 is 2.12 bits per heavy atom. The van der Waals surface area contributed by atoms with Gasteiger partial charge in [-0.1, -0.05) is 28.1 Å². The highest BCUT2D eigenvalue weighted by atomic mass is 79.9. The van der Waals surface area contributed by atoms with Crippen LogP contribution in [0, 0.1) is 0 Å². The van der Waals surface area contributed by atoms with E-state index in [9.17, 15) is 14.7 Å². The van der Waals surface area contributed by atoms with Crippen molar-refractivity contribution in [3.05, 3.63) is 29.3 Å². The fourth-order valence-corrected chi connectivity index (χ4v) is 1.57. The number of phenolic OH excluding ortho intramolecular Hbond substituents is 1. The molecule has 0 radical (unpaired) electrons. The van der Waals surface area contributed by atoms with Crippen LogP contribution in [-0.4, -0.2) is 28.8 Å². The van der Waals surface area contributed by atoms with E-state index in [0.717, 1.165) is 0 Å². The maximum Gasteiger partial charge on any atom is 0.341 e. The molecule has 1 N–H and O–H groups in total. The van der Waals surface area contributed by atoms with Gasteiger partial charge in [0.1, 0.15) is 17.1 Å². The van der Waals surface area contributed by atoms with Gasteiger partial charge in [0.05, 0.1) is 11.9 Å². The van der Waals surface area contributed by atoms with E-state index < -0.39 is 5.97 Å². The zero-order valence-electron chi connectivity index (χ0n) is 9.40. The second kappa shape index (κ2) is 6.39. The lowest BCUT2D eigenvalue weighted by Crippen LogP contribution is -2.08. The number of alkyl halides is 1. The quantitative estimate of drug-likeness (QED) is 0.668. The third-order valence-corrected chi connectivity index (χ3v) is 2.78. The molecule has 0 aliphatic carbocycles. The summed E-state index contributed by atoms with van der Waals surface area (Å²) in [5.74, 6) is -0.834. The molecule has 5 heteroatoms. The van der Waals surface area contributed by atoms with Crippen LogP contribution >= 0.6 is 15.9 Å². The molecule has 0 amide bonds. The number of ketones is 1. The average molecular weight is 301 g/mol. The topological polar surface area (TPSA) is 63.6 Å². The number of aromatic hydroxyl groups is 1. The molecule has 0 fully saturated rings. The van der Waals surface area contributed by atoms with E-state index in [1.807, 2.05) is 0 Å². The van der Waals surface area contributed by atoms with E-state index in [2.05, 4.69) is 15.9 Å². The van der Waals surface area contributed by atoms with Crippen LogP contribution in [0.3, 0.4) is 0 Å². The number of rotatable bonds is 5. The maximum atomic E-state index is 11.5. The number of halogens is 1. The van der Waals surface area contributed by atoms with Crippen LogP contribution in [0.2, 0.25) is 0 Å².